The van der Waals surface area contributed by atoms with E-state index in [4.69, 9.17) is 4.74 Å². The molecular formula is C22H27NO3. The molecule has 2 aromatic rings. The van der Waals surface area contributed by atoms with Gasteiger partial charge in [-0.25, -0.2) is 4.79 Å². The van der Waals surface area contributed by atoms with Crippen molar-refractivity contribution in [2.24, 2.45) is 0 Å². The molecule has 0 unspecified atom stereocenters. The molecule has 2 rings (SSSR count). The van der Waals surface area contributed by atoms with Gasteiger partial charge in [-0.3, -0.25) is 4.79 Å². The highest BCUT2D eigenvalue weighted by Crippen LogP contribution is 2.22. The number of esters is 1. The lowest BCUT2D eigenvalue weighted by molar-refractivity contribution is -0.142. The van der Waals surface area contributed by atoms with E-state index in [1.54, 1.807) is 12.1 Å². The normalized spacial score (nSPS) is 12.3. The molecule has 26 heavy (non-hydrogen) atoms. The number of aryl methyl sites for hydroxylation is 1. The average molecular weight is 353 g/mol. The molecule has 0 saturated carbocycles. The maximum Gasteiger partial charge on any atom is 0.328 e. The Morgan fingerprint density at radius 1 is 1.08 bits per heavy atom. The van der Waals surface area contributed by atoms with Crippen molar-refractivity contribution < 1.29 is 14.3 Å². The maximum atomic E-state index is 12.6. The molecule has 0 saturated heterocycles. The number of hydrogen-bond acceptors (Lipinski definition) is 3. The van der Waals surface area contributed by atoms with Gasteiger partial charge in [-0.05, 0) is 35.6 Å². The van der Waals surface area contributed by atoms with Crippen molar-refractivity contribution in [2.75, 3.05) is 7.11 Å². The molecular weight excluding hydrogens is 326 g/mol. The van der Waals surface area contributed by atoms with Gasteiger partial charge in [0.1, 0.15) is 6.04 Å². The summed E-state index contributed by atoms with van der Waals surface area (Å²) in [7, 11) is 1.33. The highest BCUT2D eigenvalue weighted by molar-refractivity contribution is 5.96. The lowest BCUT2D eigenvalue weighted by atomic mass is 9.86. The molecule has 2 aromatic carbocycles. The van der Waals surface area contributed by atoms with Gasteiger partial charge in [0.15, 0.2) is 0 Å². The van der Waals surface area contributed by atoms with Gasteiger partial charge in [0.25, 0.3) is 5.91 Å². The molecule has 0 bridgehead atoms. The molecule has 1 N–H and O–H groups in total. The summed E-state index contributed by atoms with van der Waals surface area (Å²) in [6, 6.07) is 14.6. The summed E-state index contributed by atoms with van der Waals surface area (Å²) < 4.78 is 4.86. The zero-order chi connectivity index (χ0) is 19.3. The number of methoxy groups -OCH3 is 1. The Labute approximate surface area is 155 Å². The second-order valence-corrected chi connectivity index (χ2v) is 7.57. The molecule has 0 aliphatic carbocycles. The Morgan fingerprint density at radius 2 is 1.73 bits per heavy atom. The Bertz CT molecular complexity index is 773. The first-order valence-electron chi connectivity index (χ1n) is 8.75. The van der Waals surface area contributed by atoms with Gasteiger partial charge in [0.05, 0.1) is 7.11 Å². The van der Waals surface area contributed by atoms with Gasteiger partial charge < -0.3 is 10.1 Å². The zero-order valence-electron chi connectivity index (χ0n) is 16.1. The van der Waals surface area contributed by atoms with Crippen molar-refractivity contribution in [1.82, 2.24) is 5.32 Å². The van der Waals surface area contributed by atoms with E-state index >= 15 is 0 Å². The van der Waals surface area contributed by atoms with Crippen molar-refractivity contribution in [3.8, 4) is 0 Å². The van der Waals surface area contributed by atoms with E-state index in [1.165, 1.54) is 7.11 Å². The number of carbonyl (C=O) groups excluding carboxylic acids is 2. The molecule has 0 aromatic heterocycles. The van der Waals surface area contributed by atoms with E-state index in [0.29, 0.717) is 12.0 Å². The van der Waals surface area contributed by atoms with E-state index in [2.05, 4.69) is 26.1 Å². The molecule has 4 nitrogen and oxygen atoms in total. The molecule has 4 heteroatoms. The summed E-state index contributed by atoms with van der Waals surface area (Å²) in [4.78, 5) is 24.7. The predicted octanol–water partition coefficient (Wildman–Crippen LogP) is 3.81. The Balaban J connectivity index is 2.14. The lowest BCUT2D eigenvalue weighted by Gasteiger charge is -2.20. The molecule has 0 fully saturated rings. The van der Waals surface area contributed by atoms with Crippen molar-refractivity contribution in [2.45, 2.75) is 45.6 Å². The molecule has 0 aliphatic heterocycles. The maximum absolute atomic E-state index is 12.6. The summed E-state index contributed by atoms with van der Waals surface area (Å²) in [5, 5.41) is 2.80. The third-order valence-electron chi connectivity index (χ3n) is 4.33. The molecule has 138 valence electrons. The van der Waals surface area contributed by atoms with Crippen molar-refractivity contribution in [3.05, 3.63) is 70.8 Å². The minimum absolute atomic E-state index is 0.0225. The fraction of sp³-hybridized carbons (Fsp3) is 0.364. The minimum atomic E-state index is -0.725. The number of benzene rings is 2. The summed E-state index contributed by atoms with van der Waals surface area (Å²) >= 11 is 0. The fourth-order valence-corrected chi connectivity index (χ4v) is 2.77. The van der Waals surface area contributed by atoms with Crippen LogP contribution in [-0.4, -0.2) is 25.0 Å². The van der Waals surface area contributed by atoms with Crippen LogP contribution in [0.25, 0.3) is 0 Å². The third-order valence-corrected chi connectivity index (χ3v) is 4.33. The summed E-state index contributed by atoms with van der Waals surface area (Å²) in [6.45, 7) is 8.36. The Morgan fingerprint density at radius 3 is 2.27 bits per heavy atom. The fourth-order valence-electron chi connectivity index (χ4n) is 2.77. The number of rotatable bonds is 5. The Kier molecular flexibility index (Phi) is 6.19. The van der Waals surface area contributed by atoms with Crippen LogP contribution in [0.3, 0.4) is 0 Å². The van der Waals surface area contributed by atoms with E-state index in [1.807, 2.05) is 43.3 Å². The average Bonchev–Trinajstić information content (AvgIpc) is 2.59. The van der Waals surface area contributed by atoms with Gasteiger partial charge >= 0.3 is 5.97 Å². The number of carbonyl (C=O) groups is 2. The van der Waals surface area contributed by atoms with Crippen LogP contribution in [0.1, 0.15) is 47.8 Å². The van der Waals surface area contributed by atoms with Gasteiger partial charge in [-0.15, -0.1) is 0 Å². The predicted molar refractivity (Wildman–Crippen MR) is 103 cm³/mol. The van der Waals surface area contributed by atoms with Crippen molar-refractivity contribution >= 4 is 11.9 Å². The Hall–Kier alpha value is -2.62. The van der Waals surface area contributed by atoms with Crippen LogP contribution in [0.2, 0.25) is 0 Å². The van der Waals surface area contributed by atoms with Crippen LogP contribution in [0, 0.1) is 6.92 Å². The lowest BCUT2D eigenvalue weighted by Crippen LogP contribution is -2.43. The molecule has 0 spiro atoms. The van der Waals surface area contributed by atoms with Gasteiger partial charge in [0, 0.05) is 12.0 Å². The number of amides is 1. The van der Waals surface area contributed by atoms with Gasteiger partial charge in [-0.1, -0.05) is 62.7 Å². The SMILES string of the molecule is COC(=O)[C@H](Cc1cccc(C)c1)NC(=O)c1ccc(C(C)(C)C)cc1. The first-order chi connectivity index (χ1) is 12.2. The quantitative estimate of drug-likeness (QED) is 0.832. The second kappa shape index (κ2) is 8.17. The smallest absolute Gasteiger partial charge is 0.328 e. The van der Waals surface area contributed by atoms with E-state index in [0.717, 1.165) is 16.7 Å². The standard InChI is InChI=1S/C22H27NO3/c1-15-7-6-8-16(13-15)14-19(21(25)26-5)23-20(24)17-9-11-18(12-10-17)22(2,3)4/h6-13,19H,14H2,1-5H3,(H,23,24)/t19-/m0/s1. The van der Waals surface area contributed by atoms with Crippen molar-refractivity contribution in [1.29, 1.82) is 0 Å². The highest BCUT2D eigenvalue weighted by atomic mass is 16.5. The van der Waals surface area contributed by atoms with E-state index < -0.39 is 12.0 Å². The number of hydrogen-bond donors (Lipinski definition) is 1. The molecule has 0 heterocycles. The van der Waals surface area contributed by atoms with Gasteiger partial charge in [-0.2, -0.15) is 0 Å². The van der Waals surface area contributed by atoms with Crippen LogP contribution in [0.5, 0.6) is 0 Å². The molecule has 1 amide bonds. The van der Waals surface area contributed by atoms with E-state index in [-0.39, 0.29) is 11.3 Å². The number of nitrogens with one attached hydrogen (secondary N) is 1. The molecule has 0 radical (unpaired) electrons. The summed E-state index contributed by atoms with van der Waals surface area (Å²) in [5.41, 5.74) is 3.78. The van der Waals surface area contributed by atoms with E-state index in [9.17, 15) is 9.59 Å². The van der Waals surface area contributed by atoms with Crippen LogP contribution < -0.4 is 5.32 Å². The number of ether oxygens (including phenoxy) is 1. The molecule has 1 atom stereocenters. The second-order valence-electron chi connectivity index (χ2n) is 7.57. The zero-order valence-corrected chi connectivity index (χ0v) is 16.1. The topological polar surface area (TPSA) is 55.4 Å². The summed E-state index contributed by atoms with van der Waals surface area (Å²) in [6.07, 6.45) is 0.389. The molecule has 0 aliphatic rings. The van der Waals surface area contributed by atoms with Gasteiger partial charge in [0.2, 0.25) is 0 Å². The van der Waals surface area contributed by atoms with Crippen LogP contribution in [-0.2, 0) is 21.4 Å². The largest absolute Gasteiger partial charge is 0.467 e. The first kappa shape index (κ1) is 19.7. The first-order valence-corrected chi connectivity index (χ1v) is 8.75. The van der Waals surface area contributed by atoms with Crippen LogP contribution in [0.4, 0.5) is 0 Å². The highest BCUT2D eigenvalue weighted by Gasteiger charge is 2.23. The monoisotopic (exact) mass is 353 g/mol. The van der Waals surface area contributed by atoms with Crippen molar-refractivity contribution in [3.63, 3.8) is 0 Å². The van der Waals surface area contributed by atoms with Crippen LogP contribution >= 0.6 is 0 Å². The van der Waals surface area contributed by atoms with Crippen LogP contribution in [0.15, 0.2) is 48.5 Å². The summed E-state index contributed by atoms with van der Waals surface area (Å²) in [5.74, 6) is -0.736. The minimum Gasteiger partial charge on any atom is -0.467 e. The third kappa shape index (κ3) is 5.19.